The highest BCUT2D eigenvalue weighted by Gasteiger charge is 2.23. The minimum atomic E-state index is -0.216. The van der Waals surface area contributed by atoms with Gasteiger partial charge in [-0.1, -0.05) is 33.6 Å². The van der Waals surface area contributed by atoms with Crippen molar-refractivity contribution in [3.8, 4) is 0 Å². The van der Waals surface area contributed by atoms with Crippen LogP contribution in [0.4, 0.5) is 0 Å². The molecule has 0 aliphatic rings. The topological polar surface area (TPSA) is 35.5 Å². The molecule has 0 bridgehead atoms. The Labute approximate surface area is 101 Å². The molecular weight excluding hydrogens is 200 g/mol. The van der Waals surface area contributed by atoms with Gasteiger partial charge in [-0.05, 0) is 25.9 Å². The van der Waals surface area contributed by atoms with E-state index in [9.17, 15) is 5.11 Å². The molecule has 0 rings (SSSR count). The van der Waals surface area contributed by atoms with Crippen molar-refractivity contribution in [1.29, 1.82) is 0 Å². The molecule has 3 nitrogen and oxygen atoms in total. The van der Waals surface area contributed by atoms with E-state index in [0.29, 0.717) is 12.0 Å². The fourth-order valence-corrected chi connectivity index (χ4v) is 1.75. The van der Waals surface area contributed by atoms with Crippen LogP contribution < -0.4 is 5.32 Å². The summed E-state index contributed by atoms with van der Waals surface area (Å²) in [6, 6.07) is 0. The van der Waals surface area contributed by atoms with E-state index >= 15 is 0 Å². The van der Waals surface area contributed by atoms with Gasteiger partial charge in [0.1, 0.15) is 0 Å². The SMILES string of the molecule is CCC(C)(CC)CC(O)CNCCN(C)C. The number of nitrogens with zero attached hydrogens (tertiary/aromatic N) is 1. The van der Waals surface area contributed by atoms with Crippen molar-refractivity contribution in [3.05, 3.63) is 0 Å². The van der Waals surface area contributed by atoms with Crippen LogP contribution >= 0.6 is 0 Å². The second kappa shape index (κ2) is 8.04. The van der Waals surface area contributed by atoms with Gasteiger partial charge in [-0.2, -0.15) is 0 Å². The molecule has 0 aliphatic carbocycles. The predicted molar refractivity (Wildman–Crippen MR) is 70.7 cm³/mol. The molecule has 0 aromatic carbocycles. The number of aliphatic hydroxyl groups excluding tert-OH is 1. The number of nitrogens with one attached hydrogen (secondary N) is 1. The summed E-state index contributed by atoms with van der Waals surface area (Å²) in [5, 5.41) is 13.2. The maximum absolute atomic E-state index is 9.94. The van der Waals surface area contributed by atoms with Crippen molar-refractivity contribution in [2.75, 3.05) is 33.7 Å². The number of hydrogen-bond donors (Lipinski definition) is 2. The van der Waals surface area contributed by atoms with Crippen molar-refractivity contribution in [2.24, 2.45) is 5.41 Å². The van der Waals surface area contributed by atoms with Crippen molar-refractivity contribution >= 4 is 0 Å². The molecular formula is C13H30N2O. The molecule has 0 saturated heterocycles. The second-order valence-corrected chi connectivity index (χ2v) is 5.38. The van der Waals surface area contributed by atoms with E-state index in [0.717, 1.165) is 32.4 Å². The Morgan fingerprint density at radius 3 is 2.25 bits per heavy atom. The molecule has 0 amide bonds. The smallest absolute Gasteiger partial charge is 0.0669 e. The van der Waals surface area contributed by atoms with Gasteiger partial charge < -0.3 is 15.3 Å². The Hall–Kier alpha value is -0.120. The zero-order chi connectivity index (χ0) is 12.6. The summed E-state index contributed by atoms with van der Waals surface area (Å²) < 4.78 is 0. The van der Waals surface area contributed by atoms with E-state index in [-0.39, 0.29) is 6.10 Å². The Kier molecular flexibility index (Phi) is 7.98. The van der Waals surface area contributed by atoms with Gasteiger partial charge in [0, 0.05) is 19.6 Å². The monoisotopic (exact) mass is 230 g/mol. The third-order valence-electron chi connectivity index (χ3n) is 3.55. The standard InChI is InChI=1S/C13H30N2O/c1-6-13(3,7-2)10-12(16)11-14-8-9-15(4)5/h12,14,16H,6-11H2,1-5H3. The first kappa shape index (κ1) is 15.9. The summed E-state index contributed by atoms with van der Waals surface area (Å²) in [5.41, 5.74) is 0.294. The van der Waals surface area contributed by atoms with Gasteiger partial charge >= 0.3 is 0 Å². The lowest BCUT2D eigenvalue weighted by atomic mass is 9.79. The van der Waals surface area contributed by atoms with Gasteiger partial charge in [-0.3, -0.25) is 0 Å². The minimum absolute atomic E-state index is 0.216. The van der Waals surface area contributed by atoms with Gasteiger partial charge in [0.05, 0.1) is 6.10 Å². The Morgan fingerprint density at radius 1 is 1.25 bits per heavy atom. The van der Waals surface area contributed by atoms with E-state index in [1.807, 2.05) is 0 Å². The van der Waals surface area contributed by atoms with Crippen molar-refractivity contribution in [1.82, 2.24) is 10.2 Å². The van der Waals surface area contributed by atoms with Gasteiger partial charge in [0.15, 0.2) is 0 Å². The highest BCUT2D eigenvalue weighted by Crippen LogP contribution is 2.30. The van der Waals surface area contributed by atoms with Crippen LogP contribution in [0.3, 0.4) is 0 Å². The first-order chi connectivity index (χ1) is 7.43. The normalized spacial score (nSPS) is 14.4. The number of aliphatic hydroxyl groups is 1. The molecule has 3 heteroatoms. The maximum Gasteiger partial charge on any atom is 0.0669 e. The Morgan fingerprint density at radius 2 is 1.81 bits per heavy atom. The highest BCUT2D eigenvalue weighted by molar-refractivity contribution is 4.76. The first-order valence-corrected chi connectivity index (χ1v) is 6.47. The molecule has 0 saturated carbocycles. The lowest BCUT2D eigenvalue weighted by Crippen LogP contribution is -2.35. The van der Waals surface area contributed by atoms with Crippen LogP contribution in [0.25, 0.3) is 0 Å². The van der Waals surface area contributed by atoms with E-state index in [4.69, 9.17) is 0 Å². The Bertz CT molecular complexity index is 167. The lowest BCUT2D eigenvalue weighted by molar-refractivity contribution is 0.0989. The quantitative estimate of drug-likeness (QED) is 0.592. The molecule has 0 aromatic rings. The van der Waals surface area contributed by atoms with Crippen LogP contribution in [-0.4, -0.2) is 49.8 Å². The minimum Gasteiger partial charge on any atom is -0.392 e. The molecule has 16 heavy (non-hydrogen) atoms. The molecule has 2 N–H and O–H groups in total. The van der Waals surface area contributed by atoms with Gasteiger partial charge in [-0.15, -0.1) is 0 Å². The summed E-state index contributed by atoms with van der Waals surface area (Å²) in [5.74, 6) is 0. The average Bonchev–Trinajstić information content (AvgIpc) is 2.24. The average molecular weight is 230 g/mol. The fourth-order valence-electron chi connectivity index (χ4n) is 1.75. The van der Waals surface area contributed by atoms with Crippen LogP contribution in [0.15, 0.2) is 0 Å². The second-order valence-electron chi connectivity index (χ2n) is 5.38. The molecule has 0 heterocycles. The Balaban J connectivity index is 3.69. The lowest BCUT2D eigenvalue weighted by Gasteiger charge is -2.29. The zero-order valence-corrected chi connectivity index (χ0v) is 11.7. The number of likely N-dealkylation sites (N-methyl/N-ethyl adjacent to an activating group) is 1. The summed E-state index contributed by atoms with van der Waals surface area (Å²) >= 11 is 0. The van der Waals surface area contributed by atoms with Crippen LogP contribution in [-0.2, 0) is 0 Å². The van der Waals surface area contributed by atoms with Crippen LogP contribution in [0, 0.1) is 5.41 Å². The summed E-state index contributed by atoms with van der Waals surface area (Å²) in [6.07, 6.45) is 2.96. The van der Waals surface area contributed by atoms with E-state index in [1.165, 1.54) is 0 Å². The third kappa shape index (κ3) is 7.20. The molecule has 98 valence electrons. The first-order valence-electron chi connectivity index (χ1n) is 6.47. The fraction of sp³-hybridized carbons (Fsp3) is 1.00. The summed E-state index contributed by atoms with van der Waals surface area (Å²) in [7, 11) is 4.12. The van der Waals surface area contributed by atoms with Gasteiger partial charge in [-0.25, -0.2) is 0 Å². The summed E-state index contributed by atoms with van der Waals surface area (Å²) in [6.45, 7) is 9.34. The molecule has 1 unspecified atom stereocenters. The van der Waals surface area contributed by atoms with Crippen molar-refractivity contribution < 1.29 is 5.11 Å². The van der Waals surface area contributed by atoms with Gasteiger partial charge in [0.2, 0.25) is 0 Å². The third-order valence-corrected chi connectivity index (χ3v) is 3.55. The van der Waals surface area contributed by atoms with Crippen molar-refractivity contribution in [3.63, 3.8) is 0 Å². The molecule has 0 radical (unpaired) electrons. The highest BCUT2D eigenvalue weighted by atomic mass is 16.3. The molecule has 0 aliphatic heterocycles. The maximum atomic E-state index is 9.94. The van der Waals surface area contributed by atoms with Gasteiger partial charge in [0.25, 0.3) is 0 Å². The van der Waals surface area contributed by atoms with E-state index in [2.05, 4.69) is 45.1 Å². The number of hydrogen-bond acceptors (Lipinski definition) is 3. The van der Waals surface area contributed by atoms with Crippen LogP contribution in [0.5, 0.6) is 0 Å². The zero-order valence-electron chi connectivity index (χ0n) is 11.7. The van der Waals surface area contributed by atoms with E-state index in [1.54, 1.807) is 0 Å². The predicted octanol–water partition coefficient (Wildman–Crippen LogP) is 1.71. The molecule has 0 spiro atoms. The van der Waals surface area contributed by atoms with Crippen LogP contribution in [0.1, 0.15) is 40.0 Å². The van der Waals surface area contributed by atoms with E-state index < -0.39 is 0 Å². The number of rotatable bonds is 9. The molecule has 1 atom stereocenters. The van der Waals surface area contributed by atoms with Crippen molar-refractivity contribution in [2.45, 2.75) is 46.1 Å². The molecule has 0 aromatic heterocycles. The summed E-state index contributed by atoms with van der Waals surface area (Å²) in [4.78, 5) is 2.14. The molecule has 0 fully saturated rings. The van der Waals surface area contributed by atoms with Crippen LogP contribution in [0.2, 0.25) is 0 Å². The largest absolute Gasteiger partial charge is 0.392 e.